The summed E-state index contributed by atoms with van der Waals surface area (Å²) >= 11 is 0. The van der Waals surface area contributed by atoms with E-state index in [1.54, 1.807) is 0 Å². The number of carboxylic acid groups (broad SMARTS) is 1. The number of aliphatic hydroxyl groups is 3. The number of aliphatic carboxylic acids is 1. The van der Waals surface area contributed by atoms with Crippen molar-refractivity contribution in [1.82, 2.24) is 0 Å². The maximum Gasteiger partial charge on any atom is 0.335 e. The molecule has 0 amide bonds. The summed E-state index contributed by atoms with van der Waals surface area (Å²) < 4.78 is 4.93. The van der Waals surface area contributed by atoms with Crippen molar-refractivity contribution in [3.05, 3.63) is 0 Å². The number of carboxylic acids is 1. The van der Waals surface area contributed by atoms with E-state index in [1.807, 2.05) is 0 Å². The van der Waals surface area contributed by atoms with E-state index in [2.05, 4.69) is 0 Å². The van der Waals surface area contributed by atoms with Gasteiger partial charge in [-0.2, -0.15) is 0 Å². The van der Waals surface area contributed by atoms with Crippen LogP contribution < -0.4 is 0 Å². The first-order chi connectivity index (χ1) is 6.40. The van der Waals surface area contributed by atoms with E-state index in [4.69, 9.17) is 9.84 Å². The summed E-state index contributed by atoms with van der Waals surface area (Å²) in [7, 11) is 0. The van der Waals surface area contributed by atoms with Crippen LogP contribution in [0.3, 0.4) is 0 Å². The molecule has 1 saturated carbocycles. The minimum Gasteiger partial charge on any atom is -0.479 e. The van der Waals surface area contributed by atoms with E-state index in [0.29, 0.717) is 0 Å². The highest BCUT2D eigenvalue weighted by Gasteiger charge is 2.64. The molecule has 6 heteroatoms. The third-order valence-corrected chi connectivity index (χ3v) is 2.96. The van der Waals surface area contributed by atoms with E-state index in [0.717, 1.165) is 0 Å². The van der Waals surface area contributed by atoms with Gasteiger partial charge in [0.15, 0.2) is 5.60 Å². The number of aliphatic hydroxyl groups excluding tert-OH is 2. The molecule has 4 N–H and O–H groups in total. The van der Waals surface area contributed by atoms with E-state index >= 15 is 0 Å². The molecule has 1 spiro atoms. The topological polar surface area (TPSA) is 111 Å². The van der Waals surface area contributed by atoms with Gasteiger partial charge in [-0.1, -0.05) is 0 Å². The molecule has 0 aromatic heterocycles. The molecule has 4 unspecified atom stereocenters. The summed E-state index contributed by atoms with van der Waals surface area (Å²) in [6, 6.07) is 0. The Morgan fingerprint density at radius 3 is 2.43 bits per heavy atom. The van der Waals surface area contributed by atoms with Crippen molar-refractivity contribution in [2.24, 2.45) is 0 Å². The average molecular weight is 204 g/mol. The summed E-state index contributed by atoms with van der Waals surface area (Å²) in [5.74, 6) is -1.39. The second-order valence-corrected chi connectivity index (χ2v) is 4.08. The van der Waals surface area contributed by atoms with Crippen LogP contribution in [0.1, 0.15) is 12.8 Å². The molecule has 0 aromatic rings. The third kappa shape index (κ3) is 1.23. The van der Waals surface area contributed by atoms with Crippen molar-refractivity contribution >= 4 is 5.97 Å². The Labute approximate surface area is 79.7 Å². The third-order valence-electron chi connectivity index (χ3n) is 2.96. The monoisotopic (exact) mass is 204 g/mol. The zero-order valence-electron chi connectivity index (χ0n) is 7.38. The fourth-order valence-electron chi connectivity index (χ4n) is 2.01. The molecule has 2 fully saturated rings. The largest absolute Gasteiger partial charge is 0.479 e. The zero-order chi connectivity index (χ0) is 10.6. The van der Waals surface area contributed by atoms with Crippen LogP contribution in [0.25, 0.3) is 0 Å². The van der Waals surface area contributed by atoms with Crippen molar-refractivity contribution < 1.29 is 30.0 Å². The summed E-state index contributed by atoms with van der Waals surface area (Å²) in [5.41, 5.74) is -3.04. The van der Waals surface area contributed by atoms with Crippen LogP contribution >= 0.6 is 0 Å². The molecule has 1 saturated heterocycles. The Morgan fingerprint density at radius 1 is 1.43 bits per heavy atom. The van der Waals surface area contributed by atoms with E-state index < -0.39 is 29.4 Å². The molecule has 0 radical (unpaired) electrons. The first-order valence-electron chi connectivity index (χ1n) is 4.36. The molecular formula is C8H12O6. The van der Waals surface area contributed by atoms with Crippen molar-refractivity contribution in [2.45, 2.75) is 36.3 Å². The number of ether oxygens (including phenoxy) is 1. The van der Waals surface area contributed by atoms with Gasteiger partial charge in [0.1, 0.15) is 11.7 Å². The molecule has 2 rings (SSSR count). The molecule has 0 bridgehead atoms. The number of rotatable bonds is 1. The Hall–Kier alpha value is -0.690. The van der Waals surface area contributed by atoms with Gasteiger partial charge in [0.2, 0.25) is 0 Å². The zero-order valence-corrected chi connectivity index (χ0v) is 7.38. The second kappa shape index (κ2) is 2.66. The van der Waals surface area contributed by atoms with Gasteiger partial charge in [0.25, 0.3) is 0 Å². The smallest absolute Gasteiger partial charge is 0.335 e. The van der Waals surface area contributed by atoms with Gasteiger partial charge >= 0.3 is 5.97 Å². The predicted molar refractivity (Wildman–Crippen MR) is 42.5 cm³/mol. The molecule has 1 heterocycles. The van der Waals surface area contributed by atoms with Gasteiger partial charge in [0.05, 0.1) is 12.7 Å². The first-order valence-corrected chi connectivity index (χ1v) is 4.36. The van der Waals surface area contributed by atoms with Crippen LogP contribution in [0.4, 0.5) is 0 Å². The van der Waals surface area contributed by atoms with Gasteiger partial charge in [0, 0.05) is 12.8 Å². The minimum absolute atomic E-state index is 0.173. The second-order valence-electron chi connectivity index (χ2n) is 4.08. The standard InChI is InChI=1S/C8H12O6/c9-4-1-7(13,6(11)12)2-8(3-14-8)5(4)10/h4-5,9-10,13H,1-3H2,(H,11,12). The number of hydrogen-bond donors (Lipinski definition) is 4. The van der Waals surface area contributed by atoms with Gasteiger partial charge in [-0.15, -0.1) is 0 Å². The maximum absolute atomic E-state index is 10.7. The van der Waals surface area contributed by atoms with Gasteiger partial charge in [-0.3, -0.25) is 0 Å². The van der Waals surface area contributed by atoms with Crippen LogP contribution in [-0.2, 0) is 9.53 Å². The molecule has 1 aliphatic heterocycles. The normalized spacial score (nSPS) is 51.9. The maximum atomic E-state index is 10.7. The predicted octanol–water partition coefficient (Wildman–Crippen LogP) is -1.91. The number of hydrogen-bond acceptors (Lipinski definition) is 5. The highest BCUT2D eigenvalue weighted by Crippen LogP contribution is 2.46. The Bertz CT molecular complexity index is 273. The molecule has 1 aliphatic carbocycles. The molecule has 4 atom stereocenters. The molecule has 6 nitrogen and oxygen atoms in total. The molecule has 80 valence electrons. The summed E-state index contributed by atoms with van der Waals surface area (Å²) in [4.78, 5) is 10.7. The van der Waals surface area contributed by atoms with Crippen LogP contribution in [0.15, 0.2) is 0 Å². The van der Waals surface area contributed by atoms with Gasteiger partial charge < -0.3 is 25.2 Å². The highest BCUT2D eigenvalue weighted by atomic mass is 16.6. The number of epoxide rings is 1. The van der Waals surface area contributed by atoms with Crippen molar-refractivity contribution in [2.75, 3.05) is 6.61 Å². The van der Waals surface area contributed by atoms with Crippen molar-refractivity contribution in [1.29, 1.82) is 0 Å². The lowest BCUT2D eigenvalue weighted by molar-refractivity contribution is -0.181. The van der Waals surface area contributed by atoms with Crippen molar-refractivity contribution in [3.63, 3.8) is 0 Å². The fourth-order valence-corrected chi connectivity index (χ4v) is 2.01. The molecule has 0 aromatic carbocycles. The van der Waals surface area contributed by atoms with E-state index in [9.17, 15) is 20.1 Å². The van der Waals surface area contributed by atoms with E-state index in [-0.39, 0.29) is 19.4 Å². The van der Waals surface area contributed by atoms with Crippen LogP contribution in [0.2, 0.25) is 0 Å². The molecule has 14 heavy (non-hydrogen) atoms. The summed E-state index contributed by atoms with van der Waals surface area (Å²) in [6.07, 6.45) is -2.91. The average Bonchev–Trinajstić information content (AvgIpc) is 2.81. The SMILES string of the molecule is O=C(O)C1(O)CC(O)C(O)C2(CO2)C1. The van der Waals surface area contributed by atoms with Crippen LogP contribution in [-0.4, -0.2) is 56.4 Å². The lowest BCUT2D eigenvalue weighted by Crippen LogP contribution is -2.57. The Balaban J connectivity index is 2.23. The quantitative estimate of drug-likeness (QED) is 0.371. The highest BCUT2D eigenvalue weighted by molar-refractivity contribution is 5.77. The van der Waals surface area contributed by atoms with Crippen molar-refractivity contribution in [3.8, 4) is 0 Å². The fraction of sp³-hybridized carbons (Fsp3) is 0.875. The summed E-state index contributed by atoms with van der Waals surface area (Å²) in [5, 5.41) is 37.3. The Morgan fingerprint density at radius 2 is 2.00 bits per heavy atom. The lowest BCUT2D eigenvalue weighted by Gasteiger charge is -2.38. The molecule has 2 aliphatic rings. The lowest BCUT2D eigenvalue weighted by atomic mass is 9.75. The van der Waals surface area contributed by atoms with Crippen LogP contribution in [0.5, 0.6) is 0 Å². The first kappa shape index (κ1) is 9.85. The van der Waals surface area contributed by atoms with E-state index in [1.165, 1.54) is 0 Å². The van der Waals surface area contributed by atoms with Crippen LogP contribution in [0, 0.1) is 0 Å². The number of carbonyl (C=O) groups is 1. The summed E-state index contributed by atoms with van der Waals surface area (Å²) in [6.45, 7) is 0.181. The Kier molecular flexibility index (Phi) is 1.87. The molecular weight excluding hydrogens is 192 g/mol. The van der Waals surface area contributed by atoms with Gasteiger partial charge in [-0.05, 0) is 0 Å². The van der Waals surface area contributed by atoms with Gasteiger partial charge in [-0.25, -0.2) is 4.79 Å². The minimum atomic E-state index is -1.99.